The molecule has 0 aliphatic rings. The van der Waals surface area contributed by atoms with E-state index in [1.807, 2.05) is 0 Å². The molecule has 1 heterocycles. The lowest BCUT2D eigenvalue weighted by Crippen LogP contribution is -2.13. The predicted molar refractivity (Wildman–Crippen MR) is 67.9 cm³/mol. The number of nitrogens with two attached hydrogens (primary N) is 1. The number of nitrogens with zero attached hydrogens (tertiary/aromatic N) is 1. The molecule has 0 atom stereocenters. The molecular weight excluding hydrogens is 290 g/mol. The minimum Gasteiger partial charge on any atom is -0.384 e. The van der Waals surface area contributed by atoms with E-state index >= 15 is 0 Å². The lowest BCUT2D eigenvalue weighted by molar-refractivity contribution is 0.102. The van der Waals surface area contributed by atoms with Gasteiger partial charge in [-0.15, -0.1) is 0 Å². The third-order valence-electron chi connectivity index (χ3n) is 2.59. The summed E-state index contributed by atoms with van der Waals surface area (Å²) < 4.78 is 51.5. The summed E-state index contributed by atoms with van der Waals surface area (Å²) in [6.45, 7) is 0. The van der Waals surface area contributed by atoms with E-state index in [2.05, 4.69) is 10.3 Å². The minimum absolute atomic E-state index is 0.0845. The fourth-order valence-corrected chi connectivity index (χ4v) is 1.63. The molecule has 0 aliphatic heterocycles. The van der Waals surface area contributed by atoms with Crippen molar-refractivity contribution in [1.29, 1.82) is 0 Å². The fraction of sp³-hybridized carbons (Fsp3) is 0.0769. The third kappa shape index (κ3) is 3.28. The SMILES string of the molecule is Nc1cc(C(=O)Nc2cc(F)c(F)c(C(F)F)c2)ccn1. The minimum atomic E-state index is -3.20. The van der Waals surface area contributed by atoms with Gasteiger partial charge in [0.05, 0.1) is 5.56 Å². The molecule has 0 spiro atoms. The molecule has 8 heteroatoms. The maximum Gasteiger partial charge on any atom is 0.266 e. The van der Waals surface area contributed by atoms with Crippen LogP contribution >= 0.6 is 0 Å². The number of carbonyl (C=O) groups is 1. The van der Waals surface area contributed by atoms with Gasteiger partial charge in [0.1, 0.15) is 5.82 Å². The van der Waals surface area contributed by atoms with Crippen LogP contribution < -0.4 is 11.1 Å². The number of pyridine rings is 1. The molecule has 4 nitrogen and oxygen atoms in total. The molecule has 1 aromatic carbocycles. The summed E-state index contributed by atoms with van der Waals surface area (Å²) in [6, 6.07) is 3.87. The molecule has 0 saturated heterocycles. The van der Waals surface area contributed by atoms with Gasteiger partial charge in [-0.05, 0) is 18.2 Å². The normalized spacial score (nSPS) is 10.7. The molecule has 1 amide bonds. The van der Waals surface area contributed by atoms with Gasteiger partial charge in [-0.2, -0.15) is 0 Å². The van der Waals surface area contributed by atoms with Crippen molar-refractivity contribution in [3.05, 3.63) is 53.2 Å². The van der Waals surface area contributed by atoms with Crippen LogP contribution in [0.3, 0.4) is 0 Å². The Kier molecular flexibility index (Phi) is 4.06. The van der Waals surface area contributed by atoms with Crippen LogP contribution in [0, 0.1) is 11.6 Å². The Morgan fingerprint density at radius 3 is 2.57 bits per heavy atom. The van der Waals surface area contributed by atoms with Gasteiger partial charge in [0.25, 0.3) is 12.3 Å². The van der Waals surface area contributed by atoms with Crippen molar-refractivity contribution in [3.63, 3.8) is 0 Å². The van der Waals surface area contributed by atoms with E-state index in [-0.39, 0.29) is 17.1 Å². The standard InChI is InChI=1S/C13H9F4N3O/c14-9-5-7(4-8(11(9)15)12(16)17)20-13(21)6-1-2-19-10(18)3-6/h1-5,12H,(H2,18,19)(H,20,21). The van der Waals surface area contributed by atoms with Gasteiger partial charge in [0, 0.05) is 23.5 Å². The second-order valence-electron chi connectivity index (χ2n) is 4.09. The van der Waals surface area contributed by atoms with Crippen molar-refractivity contribution in [3.8, 4) is 0 Å². The number of aromatic nitrogens is 1. The van der Waals surface area contributed by atoms with Gasteiger partial charge in [0.2, 0.25) is 0 Å². The zero-order valence-corrected chi connectivity index (χ0v) is 10.4. The molecule has 3 N–H and O–H groups in total. The molecule has 0 saturated carbocycles. The number of halogens is 4. The Bertz CT molecular complexity index is 691. The first-order chi connectivity index (χ1) is 9.88. The number of amides is 1. The first kappa shape index (κ1) is 14.8. The lowest BCUT2D eigenvalue weighted by atomic mass is 10.1. The maximum atomic E-state index is 13.2. The van der Waals surface area contributed by atoms with Crippen molar-refractivity contribution < 1.29 is 22.4 Å². The van der Waals surface area contributed by atoms with E-state index in [1.165, 1.54) is 18.3 Å². The monoisotopic (exact) mass is 299 g/mol. The first-order valence-electron chi connectivity index (χ1n) is 5.68. The van der Waals surface area contributed by atoms with Gasteiger partial charge < -0.3 is 11.1 Å². The van der Waals surface area contributed by atoms with E-state index in [0.29, 0.717) is 12.1 Å². The van der Waals surface area contributed by atoms with Crippen LogP contribution in [0.1, 0.15) is 22.3 Å². The molecule has 0 aliphatic carbocycles. The first-order valence-corrected chi connectivity index (χ1v) is 5.68. The summed E-state index contributed by atoms with van der Waals surface area (Å²) in [4.78, 5) is 15.5. The summed E-state index contributed by atoms with van der Waals surface area (Å²) in [5, 5.41) is 2.19. The Labute approximate surface area is 116 Å². The number of anilines is 2. The second kappa shape index (κ2) is 5.78. The van der Waals surface area contributed by atoms with Crippen LogP contribution in [0.15, 0.2) is 30.5 Å². The van der Waals surface area contributed by atoms with E-state index < -0.39 is 29.5 Å². The molecule has 0 bridgehead atoms. The van der Waals surface area contributed by atoms with Crippen LogP contribution in [0.5, 0.6) is 0 Å². The van der Waals surface area contributed by atoms with E-state index in [4.69, 9.17) is 5.73 Å². The average molecular weight is 299 g/mol. The molecule has 21 heavy (non-hydrogen) atoms. The highest BCUT2D eigenvalue weighted by atomic mass is 19.3. The predicted octanol–water partition coefficient (Wildman–Crippen LogP) is 3.13. The highest BCUT2D eigenvalue weighted by molar-refractivity contribution is 6.04. The van der Waals surface area contributed by atoms with Crippen LogP contribution in [0.4, 0.5) is 29.1 Å². The maximum absolute atomic E-state index is 13.2. The average Bonchev–Trinajstić information content (AvgIpc) is 2.42. The zero-order chi connectivity index (χ0) is 15.6. The van der Waals surface area contributed by atoms with Gasteiger partial charge in [-0.25, -0.2) is 22.5 Å². The van der Waals surface area contributed by atoms with Crippen molar-refractivity contribution in [2.45, 2.75) is 6.43 Å². The largest absolute Gasteiger partial charge is 0.384 e. The van der Waals surface area contributed by atoms with Gasteiger partial charge >= 0.3 is 0 Å². The van der Waals surface area contributed by atoms with Crippen LogP contribution in [0.25, 0.3) is 0 Å². The second-order valence-corrected chi connectivity index (χ2v) is 4.09. The Hall–Kier alpha value is -2.64. The molecular formula is C13H9F4N3O. The number of carbonyl (C=O) groups excluding carboxylic acids is 1. The molecule has 2 aromatic rings. The van der Waals surface area contributed by atoms with Crippen molar-refractivity contribution in [2.75, 3.05) is 11.1 Å². The lowest BCUT2D eigenvalue weighted by Gasteiger charge is -2.09. The Balaban J connectivity index is 2.29. The summed E-state index contributed by atoms with van der Waals surface area (Å²) in [7, 11) is 0. The van der Waals surface area contributed by atoms with Crippen molar-refractivity contribution in [1.82, 2.24) is 4.98 Å². The summed E-state index contributed by atoms with van der Waals surface area (Å²) >= 11 is 0. The highest BCUT2D eigenvalue weighted by Crippen LogP contribution is 2.27. The van der Waals surface area contributed by atoms with E-state index in [0.717, 1.165) is 0 Å². The van der Waals surface area contributed by atoms with Gasteiger partial charge in [-0.3, -0.25) is 4.79 Å². The Morgan fingerprint density at radius 1 is 1.24 bits per heavy atom. The zero-order valence-electron chi connectivity index (χ0n) is 10.4. The number of benzene rings is 1. The number of alkyl halides is 2. The highest BCUT2D eigenvalue weighted by Gasteiger charge is 2.19. The van der Waals surface area contributed by atoms with E-state index in [1.54, 1.807) is 0 Å². The van der Waals surface area contributed by atoms with Crippen molar-refractivity contribution >= 4 is 17.4 Å². The third-order valence-corrected chi connectivity index (χ3v) is 2.59. The quantitative estimate of drug-likeness (QED) is 0.856. The number of rotatable bonds is 3. The fourth-order valence-electron chi connectivity index (χ4n) is 1.63. The molecule has 110 valence electrons. The van der Waals surface area contributed by atoms with Gasteiger partial charge in [0.15, 0.2) is 11.6 Å². The number of nitrogen functional groups attached to an aromatic ring is 1. The summed E-state index contributed by atoms with van der Waals surface area (Å²) in [5.74, 6) is -3.75. The van der Waals surface area contributed by atoms with Crippen LogP contribution in [-0.4, -0.2) is 10.9 Å². The molecule has 2 rings (SSSR count). The molecule has 0 unspecified atom stereocenters. The van der Waals surface area contributed by atoms with Gasteiger partial charge in [-0.1, -0.05) is 0 Å². The van der Waals surface area contributed by atoms with Crippen LogP contribution in [-0.2, 0) is 0 Å². The smallest absolute Gasteiger partial charge is 0.266 e. The molecule has 1 aromatic heterocycles. The molecule has 0 fully saturated rings. The summed E-state index contributed by atoms with van der Waals surface area (Å²) in [6.07, 6.45) is -1.92. The summed E-state index contributed by atoms with van der Waals surface area (Å²) in [5.41, 5.74) is 4.09. The Morgan fingerprint density at radius 2 is 1.95 bits per heavy atom. The number of nitrogens with one attached hydrogen (secondary N) is 1. The van der Waals surface area contributed by atoms with Crippen LogP contribution in [0.2, 0.25) is 0 Å². The van der Waals surface area contributed by atoms with Crippen molar-refractivity contribution in [2.24, 2.45) is 0 Å². The van der Waals surface area contributed by atoms with E-state index in [9.17, 15) is 22.4 Å². The number of hydrogen-bond donors (Lipinski definition) is 2. The molecule has 0 radical (unpaired) electrons. The topological polar surface area (TPSA) is 68.0 Å². The number of hydrogen-bond acceptors (Lipinski definition) is 3.